The van der Waals surface area contributed by atoms with Crippen molar-refractivity contribution in [1.82, 2.24) is 5.32 Å². The van der Waals surface area contributed by atoms with Gasteiger partial charge in [0.25, 0.3) is 5.91 Å². The molecule has 1 N–H and O–H groups in total. The minimum atomic E-state index is -3.54. The Hall–Kier alpha value is -3.03. The summed E-state index contributed by atoms with van der Waals surface area (Å²) in [6.45, 7) is 8.31. The van der Waals surface area contributed by atoms with E-state index in [9.17, 15) is 13.2 Å². The summed E-state index contributed by atoms with van der Waals surface area (Å²) in [4.78, 5) is 13.0. The van der Waals surface area contributed by atoms with Crippen LogP contribution in [0, 0.1) is 6.92 Å². The van der Waals surface area contributed by atoms with Gasteiger partial charge in [0, 0.05) is 10.6 Å². The highest BCUT2D eigenvalue weighted by Gasteiger charge is 2.20. The van der Waals surface area contributed by atoms with Crippen LogP contribution in [0.5, 0.6) is 5.75 Å². The first-order chi connectivity index (χ1) is 16.9. The minimum absolute atomic E-state index is 0.125. The summed E-state index contributed by atoms with van der Waals surface area (Å²) in [5.41, 5.74) is 4.90. The standard InChI is InChI=1S/C28H33ClN2O4S/c1-18(2)25-16-26(19(3)14-27(25)35-5)20(4)30-28(32)22-12-10-21(11-13-22)17-31(36(6,33)34)24-9-7-8-23(29)15-24/h7-16,18,20H,17H2,1-6H3,(H,30,32)/t20-/m0/s1. The van der Waals surface area contributed by atoms with E-state index >= 15 is 0 Å². The molecule has 0 spiro atoms. The Labute approximate surface area is 219 Å². The quantitative estimate of drug-likeness (QED) is 0.357. The Bertz CT molecular complexity index is 1340. The Morgan fingerprint density at radius 2 is 1.69 bits per heavy atom. The van der Waals surface area contributed by atoms with Crippen LogP contribution in [0.1, 0.15) is 65.3 Å². The summed E-state index contributed by atoms with van der Waals surface area (Å²) >= 11 is 6.06. The van der Waals surface area contributed by atoms with Crippen molar-refractivity contribution >= 4 is 33.2 Å². The molecule has 3 aromatic rings. The van der Waals surface area contributed by atoms with Crippen molar-refractivity contribution in [2.24, 2.45) is 0 Å². The summed E-state index contributed by atoms with van der Waals surface area (Å²) < 4.78 is 31.7. The first kappa shape index (κ1) is 27.6. The molecular weight excluding hydrogens is 496 g/mol. The molecule has 192 valence electrons. The first-order valence-electron chi connectivity index (χ1n) is 11.7. The molecule has 0 fully saturated rings. The molecular formula is C28H33ClN2O4S. The molecule has 1 amide bonds. The van der Waals surface area contributed by atoms with E-state index in [4.69, 9.17) is 16.3 Å². The smallest absolute Gasteiger partial charge is 0.251 e. The number of halogens is 1. The molecule has 0 aliphatic rings. The monoisotopic (exact) mass is 528 g/mol. The molecule has 0 unspecified atom stereocenters. The molecule has 6 nitrogen and oxygen atoms in total. The molecule has 36 heavy (non-hydrogen) atoms. The van der Waals surface area contributed by atoms with Gasteiger partial charge in [0.15, 0.2) is 0 Å². The summed E-state index contributed by atoms with van der Waals surface area (Å²) in [6, 6.07) is 17.5. The molecule has 3 aromatic carbocycles. The third-order valence-corrected chi connectivity index (χ3v) is 7.47. The van der Waals surface area contributed by atoms with Crippen LogP contribution < -0.4 is 14.4 Å². The predicted molar refractivity (Wildman–Crippen MR) is 147 cm³/mol. The van der Waals surface area contributed by atoms with Gasteiger partial charge in [-0.15, -0.1) is 0 Å². The van der Waals surface area contributed by atoms with E-state index in [0.717, 1.165) is 34.3 Å². The highest BCUT2D eigenvalue weighted by atomic mass is 35.5. The molecule has 0 saturated heterocycles. The first-order valence-corrected chi connectivity index (χ1v) is 13.9. The number of rotatable bonds is 9. The number of methoxy groups -OCH3 is 1. The lowest BCUT2D eigenvalue weighted by Gasteiger charge is -2.23. The zero-order chi connectivity index (χ0) is 26.6. The number of carbonyl (C=O) groups excluding carboxylic acids is 1. The van der Waals surface area contributed by atoms with Crippen molar-refractivity contribution in [2.75, 3.05) is 17.7 Å². The van der Waals surface area contributed by atoms with Crippen molar-refractivity contribution in [3.63, 3.8) is 0 Å². The molecule has 0 radical (unpaired) electrons. The normalized spacial score (nSPS) is 12.3. The van der Waals surface area contributed by atoms with Gasteiger partial charge in [0.1, 0.15) is 5.75 Å². The lowest BCUT2D eigenvalue weighted by Crippen LogP contribution is -2.29. The molecule has 0 aliphatic heterocycles. The Balaban J connectivity index is 1.77. The number of hydrogen-bond donors (Lipinski definition) is 1. The van der Waals surface area contributed by atoms with Crippen LogP contribution in [0.3, 0.4) is 0 Å². The lowest BCUT2D eigenvalue weighted by molar-refractivity contribution is 0.0939. The fourth-order valence-corrected chi connectivity index (χ4v) is 5.19. The second-order valence-corrected chi connectivity index (χ2v) is 11.6. The maximum absolute atomic E-state index is 13.0. The van der Waals surface area contributed by atoms with Crippen LogP contribution in [0.15, 0.2) is 60.7 Å². The SMILES string of the molecule is COc1cc(C)c([C@H](C)NC(=O)c2ccc(CN(c3cccc(Cl)c3)S(C)(=O)=O)cc2)cc1C(C)C. The number of carbonyl (C=O) groups is 1. The molecule has 3 rings (SSSR count). The number of nitrogens with one attached hydrogen (secondary N) is 1. The summed E-state index contributed by atoms with van der Waals surface area (Å²) in [5, 5.41) is 3.53. The lowest BCUT2D eigenvalue weighted by atomic mass is 9.93. The zero-order valence-electron chi connectivity index (χ0n) is 21.5. The van der Waals surface area contributed by atoms with Crippen LogP contribution in [0.25, 0.3) is 0 Å². The van der Waals surface area contributed by atoms with Crippen LogP contribution >= 0.6 is 11.6 Å². The van der Waals surface area contributed by atoms with Crippen molar-refractivity contribution in [3.8, 4) is 5.75 Å². The number of aryl methyl sites for hydroxylation is 1. The van der Waals surface area contributed by atoms with Crippen molar-refractivity contribution in [3.05, 3.63) is 93.5 Å². The van der Waals surface area contributed by atoms with Crippen LogP contribution in [0.2, 0.25) is 5.02 Å². The maximum atomic E-state index is 13.0. The van der Waals surface area contributed by atoms with Crippen LogP contribution in [-0.4, -0.2) is 27.7 Å². The molecule has 0 aromatic heterocycles. The fraction of sp³-hybridized carbons (Fsp3) is 0.321. The number of amides is 1. The van der Waals surface area contributed by atoms with E-state index in [0.29, 0.717) is 16.3 Å². The summed E-state index contributed by atoms with van der Waals surface area (Å²) in [7, 11) is -1.87. The number of sulfonamides is 1. The van der Waals surface area contributed by atoms with Crippen LogP contribution in [0.4, 0.5) is 5.69 Å². The average Bonchev–Trinajstić information content (AvgIpc) is 2.81. The fourth-order valence-electron chi connectivity index (χ4n) is 4.13. The van der Waals surface area contributed by atoms with E-state index in [1.807, 2.05) is 19.9 Å². The number of ether oxygens (including phenoxy) is 1. The molecule has 8 heteroatoms. The maximum Gasteiger partial charge on any atom is 0.251 e. The van der Waals surface area contributed by atoms with Crippen molar-refractivity contribution in [1.29, 1.82) is 0 Å². The minimum Gasteiger partial charge on any atom is -0.496 e. The summed E-state index contributed by atoms with van der Waals surface area (Å²) in [6.07, 6.45) is 1.16. The third-order valence-electron chi connectivity index (χ3n) is 6.09. The Morgan fingerprint density at radius 3 is 2.25 bits per heavy atom. The molecule has 1 atom stereocenters. The van der Waals surface area contributed by atoms with Crippen molar-refractivity contribution in [2.45, 2.75) is 46.2 Å². The second kappa shape index (κ2) is 11.4. The van der Waals surface area contributed by atoms with Gasteiger partial charge < -0.3 is 10.1 Å². The molecule has 0 saturated carbocycles. The van der Waals surface area contributed by atoms with Gasteiger partial charge in [0.2, 0.25) is 10.0 Å². The van der Waals surface area contributed by atoms with Gasteiger partial charge in [-0.05, 0) is 84.5 Å². The van der Waals surface area contributed by atoms with Gasteiger partial charge in [0.05, 0.1) is 31.6 Å². The predicted octanol–water partition coefficient (Wildman–Crippen LogP) is 6.24. The number of benzene rings is 3. The largest absolute Gasteiger partial charge is 0.496 e. The Kier molecular flexibility index (Phi) is 8.69. The molecule has 0 heterocycles. The van der Waals surface area contributed by atoms with Gasteiger partial charge in [-0.1, -0.05) is 43.6 Å². The average molecular weight is 529 g/mol. The van der Waals surface area contributed by atoms with Gasteiger partial charge in [-0.3, -0.25) is 9.10 Å². The number of nitrogens with zero attached hydrogens (tertiary/aromatic N) is 1. The van der Waals surface area contributed by atoms with E-state index in [1.54, 1.807) is 55.6 Å². The zero-order valence-corrected chi connectivity index (χ0v) is 23.1. The topological polar surface area (TPSA) is 75.7 Å². The van der Waals surface area contributed by atoms with Gasteiger partial charge >= 0.3 is 0 Å². The van der Waals surface area contributed by atoms with Gasteiger partial charge in [-0.2, -0.15) is 0 Å². The highest BCUT2D eigenvalue weighted by Crippen LogP contribution is 2.32. The number of anilines is 1. The van der Waals surface area contributed by atoms with Crippen molar-refractivity contribution < 1.29 is 17.9 Å². The van der Waals surface area contributed by atoms with E-state index in [2.05, 4.69) is 25.2 Å². The van der Waals surface area contributed by atoms with E-state index in [-0.39, 0.29) is 24.4 Å². The summed E-state index contributed by atoms with van der Waals surface area (Å²) in [5.74, 6) is 0.930. The molecule has 0 aliphatic carbocycles. The second-order valence-electron chi connectivity index (χ2n) is 9.25. The Morgan fingerprint density at radius 1 is 1.03 bits per heavy atom. The number of hydrogen-bond acceptors (Lipinski definition) is 4. The third kappa shape index (κ3) is 6.59. The van der Waals surface area contributed by atoms with E-state index < -0.39 is 10.0 Å². The highest BCUT2D eigenvalue weighted by molar-refractivity contribution is 7.92. The van der Waals surface area contributed by atoms with E-state index in [1.165, 1.54) is 4.31 Å². The van der Waals surface area contributed by atoms with Crippen LogP contribution in [-0.2, 0) is 16.6 Å². The van der Waals surface area contributed by atoms with Gasteiger partial charge in [-0.25, -0.2) is 8.42 Å². The molecule has 0 bridgehead atoms.